The maximum Gasteiger partial charge on any atom is 0.254 e. The van der Waals surface area contributed by atoms with Crippen molar-refractivity contribution < 1.29 is 19.0 Å². The molecule has 2 aromatic carbocycles. The van der Waals surface area contributed by atoms with E-state index in [2.05, 4.69) is 20.6 Å². The van der Waals surface area contributed by atoms with Crippen molar-refractivity contribution in [3.8, 4) is 17.2 Å². The Bertz CT molecular complexity index is 1070. The number of para-hydroxylation sites is 1. The summed E-state index contributed by atoms with van der Waals surface area (Å²) in [5.41, 5.74) is 2.93. The Hall–Kier alpha value is -3.81. The van der Waals surface area contributed by atoms with Gasteiger partial charge in [-0.05, 0) is 30.7 Å². The number of hydrogen-bond acceptors (Lipinski definition) is 7. The van der Waals surface area contributed by atoms with Crippen molar-refractivity contribution in [1.82, 2.24) is 15.3 Å². The van der Waals surface area contributed by atoms with Crippen LogP contribution < -0.4 is 24.8 Å². The Morgan fingerprint density at radius 1 is 1.13 bits per heavy atom. The fourth-order valence-electron chi connectivity index (χ4n) is 3.13. The number of aryl methyl sites for hydroxylation is 1. The number of amides is 1. The van der Waals surface area contributed by atoms with Gasteiger partial charge in [0.1, 0.15) is 5.75 Å². The number of nitrogens with zero attached hydrogens (tertiary/aromatic N) is 2. The largest absolute Gasteiger partial charge is 0.496 e. The van der Waals surface area contributed by atoms with Gasteiger partial charge in [0, 0.05) is 24.8 Å². The van der Waals surface area contributed by atoms with E-state index in [0.29, 0.717) is 41.8 Å². The van der Waals surface area contributed by atoms with Crippen molar-refractivity contribution in [3.05, 3.63) is 71.0 Å². The minimum absolute atomic E-state index is 0.221. The number of ether oxygens (including phenoxy) is 3. The first-order valence-corrected chi connectivity index (χ1v) is 9.50. The van der Waals surface area contributed by atoms with Gasteiger partial charge in [-0.2, -0.15) is 0 Å². The number of hydrogen-bond donors (Lipinski definition) is 2. The highest BCUT2D eigenvalue weighted by atomic mass is 16.7. The lowest BCUT2D eigenvalue weighted by Crippen LogP contribution is -2.24. The Morgan fingerprint density at radius 2 is 1.97 bits per heavy atom. The van der Waals surface area contributed by atoms with Crippen LogP contribution in [0.3, 0.4) is 0 Å². The standard InChI is InChI=1S/C22H22N4O4/c1-14-17(21(27)23-10-15-7-8-19-20(9-15)30-13-29-19)12-25-22(26-14)24-11-16-5-3-4-6-18(16)28-2/h3-9,12H,10-11,13H2,1-2H3,(H,23,27)(H,24,25,26). The molecule has 8 heteroatoms. The van der Waals surface area contributed by atoms with Crippen LogP contribution in [-0.2, 0) is 13.1 Å². The van der Waals surface area contributed by atoms with Crippen LogP contribution >= 0.6 is 0 Å². The van der Waals surface area contributed by atoms with E-state index in [9.17, 15) is 4.79 Å². The van der Waals surface area contributed by atoms with Gasteiger partial charge < -0.3 is 24.8 Å². The third-order valence-electron chi connectivity index (χ3n) is 4.74. The minimum atomic E-state index is -0.235. The maximum atomic E-state index is 12.6. The molecule has 0 fully saturated rings. The van der Waals surface area contributed by atoms with Crippen molar-refractivity contribution >= 4 is 11.9 Å². The van der Waals surface area contributed by atoms with Crippen LogP contribution in [-0.4, -0.2) is 29.8 Å². The molecule has 2 heterocycles. The first kappa shape index (κ1) is 19.5. The summed E-state index contributed by atoms with van der Waals surface area (Å²) in [6.07, 6.45) is 1.53. The second kappa shape index (κ2) is 8.69. The van der Waals surface area contributed by atoms with Crippen molar-refractivity contribution in [2.24, 2.45) is 0 Å². The minimum Gasteiger partial charge on any atom is -0.496 e. The van der Waals surface area contributed by atoms with Gasteiger partial charge in [-0.1, -0.05) is 24.3 Å². The average Bonchev–Trinajstić information content (AvgIpc) is 3.24. The number of aromatic nitrogens is 2. The molecule has 4 rings (SSSR count). The Morgan fingerprint density at radius 3 is 2.80 bits per heavy atom. The van der Waals surface area contributed by atoms with Crippen LogP contribution in [0.5, 0.6) is 17.2 Å². The summed E-state index contributed by atoms with van der Waals surface area (Å²) in [7, 11) is 1.64. The number of anilines is 1. The second-order valence-corrected chi connectivity index (χ2v) is 6.73. The van der Waals surface area contributed by atoms with Crippen molar-refractivity contribution in [2.45, 2.75) is 20.0 Å². The van der Waals surface area contributed by atoms with Gasteiger partial charge in [-0.15, -0.1) is 0 Å². The maximum absolute atomic E-state index is 12.6. The summed E-state index contributed by atoms with van der Waals surface area (Å²) in [4.78, 5) is 21.2. The highest BCUT2D eigenvalue weighted by molar-refractivity contribution is 5.94. The fraction of sp³-hybridized carbons (Fsp3) is 0.227. The third-order valence-corrected chi connectivity index (χ3v) is 4.74. The molecule has 3 aromatic rings. The van der Waals surface area contributed by atoms with Crippen LogP contribution in [0.4, 0.5) is 5.95 Å². The highest BCUT2D eigenvalue weighted by Gasteiger charge is 2.15. The lowest BCUT2D eigenvalue weighted by Gasteiger charge is -2.11. The normalized spacial score (nSPS) is 11.8. The summed E-state index contributed by atoms with van der Waals surface area (Å²) in [5.74, 6) is 2.41. The van der Waals surface area contributed by atoms with Crippen LogP contribution in [0.2, 0.25) is 0 Å². The molecule has 8 nitrogen and oxygen atoms in total. The Balaban J connectivity index is 1.37. The predicted octanol–water partition coefficient (Wildman–Crippen LogP) is 3.06. The highest BCUT2D eigenvalue weighted by Crippen LogP contribution is 2.32. The molecule has 1 aromatic heterocycles. The zero-order valence-corrected chi connectivity index (χ0v) is 16.8. The van der Waals surface area contributed by atoms with E-state index in [0.717, 1.165) is 16.9 Å². The van der Waals surface area contributed by atoms with Gasteiger partial charge in [0.25, 0.3) is 5.91 Å². The van der Waals surface area contributed by atoms with Crippen molar-refractivity contribution in [3.63, 3.8) is 0 Å². The van der Waals surface area contributed by atoms with E-state index < -0.39 is 0 Å². The summed E-state index contributed by atoms with van der Waals surface area (Å²) < 4.78 is 16.0. The SMILES string of the molecule is COc1ccccc1CNc1ncc(C(=O)NCc2ccc3c(c2)OCO3)c(C)n1. The number of carbonyl (C=O) groups is 1. The van der Waals surface area contributed by atoms with Gasteiger partial charge in [-0.25, -0.2) is 9.97 Å². The van der Waals surface area contributed by atoms with E-state index in [1.54, 1.807) is 14.0 Å². The summed E-state index contributed by atoms with van der Waals surface area (Å²) in [5, 5.41) is 6.05. The van der Waals surface area contributed by atoms with E-state index in [-0.39, 0.29) is 12.7 Å². The van der Waals surface area contributed by atoms with Gasteiger partial charge in [0.15, 0.2) is 11.5 Å². The average molecular weight is 406 g/mol. The summed E-state index contributed by atoms with van der Waals surface area (Å²) in [6, 6.07) is 13.3. The molecular formula is C22H22N4O4. The lowest BCUT2D eigenvalue weighted by atomic mass is 10.2. The second-order valence-electron chi connectivity index (χ2n) is 6.73. The van der Waals surface area contributed by atoms with Crippen molar-refractivity contribution in [1.29, 1.82) is 0 Å². The molecule has 0 radical (unpaired) electrons. The van der Waals surface area contributed by atoms with Gasteiger partial charge in [0.05, 0.1) is 18.4 Å². The topological polar surface area (TPSA) is 94.6 Å². The quantitative estimate of drug-likeness (QED) is 0.623. The van der Waals surface area contributed by atoms with Crippen molar-refractivity contribution in [2.75, 3.05) is 19.2 Å². The monoisotopic (exact) mass is 406 g/mol. The summed E-state index contributed by atoms with van der Waals surface area (Å²) in [6.45, 7) is 2.88. The molecule has 30 heavy (non-hydrogen) atoms. The zero-order valence-electron chi connectivity index (χ0n) is 16.8. The van der Waals surface area contributed by atoms with Gasteiger partial charge >= 0.3 is 0 Å². The molecule has 0 aliphatic carbocycles. The van der Waals surface area contributed by atoms with Crippen LogP contribution in [0, 0.1) is 6.92 Å². The molecule has 0 unspecified atom stereocenters. The zero-order chi connectivity index (χ0) is 20.9. The van der Waals surface area contributed by atoms with Gasteiger partial charge in [-0.3, -0.25) is 4.79 Å². The molecule has 0 saturated heterocycles. The molecule has 154 valence electrons. The third kappa shape index (κ3) is 4.27. The van der Waals surface area contributed by atoms with Crippen LogP contribution in [0.1, 0.15) is 27.2 Å². The number of rotatable bonds is 7. The molecule has 1 aliphatic heterocycles. The number of benzene rings is 2. The van der Waals surface area contributed by atoms with Gasteiger partial charge in [0.2, 0.25) is 12.7 Å². The molecule has 1 amide bonds. The first-order valence-electron chi connectivity index (χ1n) is 9.50. The van der Waals surface area contributed by atoms with E-state index in [1.807, 2.05) is 42.5 Å². The molecule has 2 N–H and O–H groups in total. The molecule has 0 bridgehead atoms. The molecule has 1 aliphatic rings. The summed E-state index contributed by atoms with van der Waals surface area (Å²) >= 11 is 0. The fourth-order valence-corrected chi connectivity index (χ4v) is 3.13. The smallest absolute Gasteiger partial charge is 0.254 e. The number of fused-ring (bicyclic) bond motifs is 1. The molecule has 0 saturated carbocycles. The Labute approximate surface area is 174 Å². The predicted molar refractivity (Wildman–Crippen MR) is 111 cm³/mol. The molecule has 0 atom stereocenters. The van der Waals surface area contributed by atoms with Crippen LogP contribution in [0.25, 0.3) is 0 Å². The lowest BCUT2D eigenvalue weighted by molar-refractivity contribution is 0.0949. The number of methoxy groups -OCH3 is 1. The van der Waals surface area contributed by atoms with E-state index in [4.69, 9.17) is 14.2 Å². The Kier molecular flexibility index (Phi) is 5.65. The number of carbonyl (C=O) groups excluding carboxylic acids is 1. The van der Waals surface area contributed by atoms with Crippen LogP contribution in [0.15, 0.2) is 48.7 Å². The number of nitrogens with one attached hydrogen (secondary N) is 2. The first-order chi connectivity index (χ1) is 14.6. The molecular weight excluding hydrogens is 384 g/mol. The van der Waals surface area contributed by atoms with E-state index in [1.165, 1.54) is 6.20 Å². The molecule has 0 spiro atoms. The van der Waals surface area contributed by atoms with E-state index >= 15 is 0 Å².